The van der Waals surface area contributed by atoms with Gasteiger partial charge in [-0.2, -0.15) is 0 Å². The first-order valence-corrected chi connectivity index (χ1v) is 16.3. The monoisotopic (exact) mass is 574 g/mol. The molecule has 0 heterocycles. The van der Waals surface area contributed by atoms with Gasteiger partial charge in [0.2, 0.25) is 0 Å². The van der Waals surface area contributed by atoms with Crippen LogP contribution in [-0.2, 0) is 0 Å². The van der Waals surface area contributed by atoms with Crippen LogP contribution in [0.15, 0.2) is 133 Å². The van der Waals surface area contributed by atoms with Gasteiger partial charge in [0.25, 0.3) is 0 Å². The fourth-order valence-electron chi connectivity index (χ4n) is 9.77. The maximum Gasteiger partial charge on any atom is -0.00139 e. The van der Waals surface area contributed by atoms with Crippen molar-refractivity contribution < 1.29 is 0 Å². The largest absolute Gasteiger partial charge is 0.0616 e. The molecular formula is C46H22. The summed E-state index contributed by atoms with van der Waals surface area (Å²) in [6.07, 6.45) is 0. The number of hydrogen-bond acceptors (Lipinski definition) is 0. The molecule has 0 heteroatoms. The third kappa shape index (κ3) is 2.35. The van der Waals surface area contributed by atoms with Crippen molar-refractivity contribution in [2.75, 3.05) is 0 Å². The number of hydrogen-bond donors (Lipinski definition) is 0. The molecule has 0 amide bonds. The molecular weight excluding hydrogens is 553 g/mol. The first-order chi connectivity index (χ1) is 22.8. The molecule has 0 radical (unpaired) electrons. The van der Waals surface area contributed by atoms with Crippen molar-refractivity contribution in [2.45, 2.75) is 0 Å². The molecule has 0 unspecified atom stereocenters. The highest BCUT2D eigenvalue weighted by molar-refractivity contribution is 6.44. The van der Waals surface area contributed by atoms with Crippen molar-refractivity contribution in [3.05, 3.63) is 133 Å². The maximum atomic E-state index is 2.46. The fraction of sp³-hybridized carbons (Fsp3) is 0. The van der Waals surface area contributed by atoms with Gasteiger partial charge < -0.3 is 0 Å². The van der Waals surface area contributed by atoms with Crippen molar-refractivity contribution in [2.24, 2.45) is 0 Å². The summed E-state index contributed by atoms with van der Waals surface area (Å²) in [6.45, 7) is 0. The highest BCUT2D eigenvalue weighted by Crippen LogP contribution is 2.54. The molecule has 13 rings (SSSR count). The van der Waals surface area contributed by atoms with Gasteiger partial charge >= 0.3 is 0 Å². The van der Waals surface area contributed by atoms with E-state index in [0.717, 1.165) is 0 Å². The van der Waals surface area contributed by atoms with E-state index in [1.54, 1.807) is 0 Å². The predicted molar refractivity (Wildman–Crippen MR) is 199 cm³/mol. The molecule has 0 aromatic heterocycles. The fourth-order valence-corrected chi connectivity index (χ4v) is 9.77. The second-order valence-electron chi connectivity index (χ2n) is 13.5. The van der Waals surface area contributed by atoms with Crippen LogP contribution in [0.25, 0.3) is 130 Å². The van der Waals surface area contributed by atoms with Crippen molar-refractivity contribution in [3.8, 4) is 22.3 Å². The Bertz CT molecular complexity index is 3130. The van der Waals surface area contributed by atoms with E-state index in [1.807, 2.05) is 0 Å². The summed E-state index contributed by atoms with van der Waals surface area (Å²) in [5, 5.41) is 27.3. The zero-order valence-electron chi connectivity index (χ0n) is 24.7. The second-order valence-corrected chi connectivity index (χ2v) is 13.5. The lowest BCUT2D eigenvalue weighted by Gasteiger charge is -2.16. The molecule has 0 atom stereocenters. The van der Waals surface area contributed by atoms with Crippen molar-refractivity contribution in [1.82, 2.24) is 0 Å². The van der Waals surface area contributed by atoms with Crippen LogP contribution >= 0.6 is 0 Å². The second kappa shape index (κ2) is 7.28. The Balaban J connectivity index is 1.18. The van der Waals surface area contributed by atoms with Crippen LogP contribution in [0.2, 0.25) is 0 Å². The molecule has 46 heavy (non-hydrogen) atoms. The summed E-state index contributed by atoms with van der Waals surface area (Å²) in [5.41, 5.74) is 5.45. The topological polar surface area (TPSA) is 0 Å². The molecule has 0 nitrogen and oxygen atoms in total. The molecule has 0 saturated heterocycles. The van der Waals surface area contributed by atoms with Crippen molar-refractivity contribution >= 4 is 108 Å². The van der Waals surface area contributed by atoms with Gasteiger partial charge in [-0.15, -0.1) is 0 Å². The Hall–Kier alpha value is -5.98. The number of rotatable bonds is 0. The minimum Gasteiger partial charge on any atom is -0.0616 e. The van der Waals surface area contributed by atoms with Crippen LogP contribution in [0.3, 0.4) is 0 Å². The van der Waals surface area contributed by atoms with Crippen LogP contribution in [0.5, 0.6) is 0 Å². The van der Waals surface area contributed by atoms with E-state index in [2.05, 4.69) is 133 Å². The summed E-state index contributed by atoms with van der Waals surface area (Å²) in [5.74, 6) is 0. The first kappa shape index (κ1) is 22.5. The molecule has 1 aliphatic carbocycles. The van der Waals surface area contributed by atoms with E-state index in [9.17, 15) is 0 Å². The number of benzene rings is 10. The highest BCUT2D eigenvalue weighted by Gasteiger charge is 2.26. The Morgan fingerprint density at radius 1 is 0.196 bits per heavy atom. The minimum atomic E-state index is 1.31. The smallest absolute Gasteiger partial charge is 0.00139 e. The Morgan fingerprint density at radius 2 is 0.565 bits per heavy atom. The lowest BCUT2D eigenvalue weighted by molar-refractivity contribution is 1.70. The molecule has 0 N–H and O–H groups in total. The first-order valence-electron chi connectivity index (χ1n) is 16.3. The van der Waals surface area contributed by atoms with E-state index in [1.165, 1.54) is 130 Å². The molecule has 12 aromatic carbocycles. The summed E-state index contributed by atoms with van der Waals surface area (Å²) >= 11 is 0. The SMILES string of the molecule is c1ccc2c(c1)-c1ccc3c4ccc5c6cc7cc8c(cc7cc6c6ccc(c7ccc-2c1c37)c4c56)c1cccc2cccc8c21. The number of fused-ring (bicyclic) bond motifs is 12. The molecule has 0 bridgehead atoms. The Labute approximate surface area is 262 Å². The molecule has 0 spiro atoms. The highest BCUT2D eigenvalue weighted by atomic mass is 14.3. The zero-order valence-corrected chi connectivity index (χ0v) is 24.7. The molecule has 1 aliphatic rings. The molecule has 0 aliphatic heterocycles. The molecule has 0 saturated carbocycles. The van der Waals surface area contributed by atoms with Gasteiger partial charge in [-0.1, -0.05) is 109 Å². The minimum absolute atomic E-state index is 1.31. The van der Waals surface area contributed by atoms with Gasteiger partial charge in [0, 0.05) is 0 Å². The average Bonchev–Trinajstić information content (AvgIpc) is 3.72. The lowest BCUT2D eigenvalue weighted by atomic mass is 9.87. The average molecular weight is 575 g/mol. The molecule has 206 valence electrons. The van der Waals surface area contributed by atoms with Gasteiger partial charge in [0.05, 0.1) is 0 Å². The van der Waals surface area contributed by atoms with E-state index >= 15 is 0 Å². The van der Waals surface area contributed by atoms with Gasteiger partial charge in [-0.3, -0.25) is 0 Å². The third-order valence-corrected chi connectivity index (χ3v) is 11.6. The van der Waals surface area contributed by atoms with E-state index < -0.39 is 0 Å². The summed E-state index contributed by atoms with van der Waals surface area (Å²) in [6, 6.07) is 51.2. The van der Waals surface area contributed by atoms with Crippen molar-refractivity contribution in [3.63, 3.8) is 0 Å². The van der Waals surface area contributed by atoms with Gasteiger partial charge in [0.1, 0.15) is 0 Å². The lowest BCUT2D eigenvalue weighted by Crippen LogP contribution is -1.87. The summed E-state index contributed by atoms with van der Waals surface area (Å²) in [4.78, 5) is 0. The van der Waals surface area contributed by atoms with Gasteiger partial charge in [0.15, 0.2) is 0 Å². The van der Waals surface area contributed by atoms with Crippen molar-refractivity contribution in [1.29, 1.82) is 0 Å². The predicted octanol–water partition coefficient (Wildman–Crippen LogP) is 13.2. The van der Waals surface area contributed by atoms with Crippen LogP contribution in [-0.4, -0.2) is 0 Å². The van der Waals surface area contributed by atoms with Gasteiger partial charge in [-0.05, 0) is 154 Å². The van der Waals surface area contributed by atoms with Crippen LogP contribution in [0, 0.1) is 0 Å². The van der Waals surface area contributed by atoms with Crippen LogP contribution < -0.4 is 0 Å². The summed E-state index contributed by atoms with van der Waals surface area (Å²) < 4.78 is 0. The van der Waals surface area contributed by atoms with Gasteiger partial charge in [-0.25, -0.2) is 0 Å². The molecule has 0 fully saturated rings. The standard InChI is InChI=1S/C46H22/c1-2-8-27-26(7-1)30-11-13-32-34-15-17-36-40-21-24-19-38-28-9-3-5-23-6-4-10-29(42(23)28)39(38)20-25(24)22-41(40)37-18-16-35(45(34)46(36)37)33-14-12-31(27)43(30)44(32)33/h1-22H. The maximum absolute atomic E-state index is 2.46. The van der Waals surface area contributed by atoms with Crippen LogP contribution in [0.1, 0.15) is 0 Å². The third-order valence-electron chi connectivity index (χ3n) is 11.6. The quantitative estimate of drug-likeness (QED) is 0.125. The Morgan fingerprint density at radius 3 is 1.02 bits per heavy atom. The van der Waals surface area contributed by atoms with E-state index in [0.29, 0.717) is 0 Å². The van der Waals surface area contributed by atoms with Crippen LogP contribution in [0.4, 0.5) is 0 Å². The van der Waals surface area contributed by atoms with E-state index in [4.69, 9.17) is 0 Å². The van der Waals surface area contributed by atoms with E-state index in [-0.39, 0.29) is 0 Å². The summed E-state index contributed by atoms with van der Waals surface area (Å²) in [7, 11) is 0. The normalized spacial score (nSPS) is 13.2. The Kier molecular flexibility index (Phi) is 3.56. The zero-order chi connectivity index (χ0) is 29.4. The molecule has 12 aromatic rings.